The Morgan fingerprint density at radius 2 is 1.79 bits per heavy atom. The van der Waals surface area contributed by atoms with Gasteiger partial charge in [0.05, 0.1) is 4.88 Å². The smallest absolute Gasteiger partial charge is 0.288 e. The van der Waals surface area contributed by atoms with Crippen LogP contribution in [0.15, 0.2) is 35.8 Å². The zero-order valence-electron chi connectivity index (χ0n) is 14.2. The lowest BCUT2D eigenvalue weighted by molar-refractivity contribution is -0.686. The number of carbonyl (C=O) groups excluding carboxylic acids is 1. The number of carbonyl (C=O) groups is 1. The van der Waals surface area contributed by atoms with Crippen molar-refractivity contribution in [2.24, 2.45) is 0 Å². The molecule has 0 unspecified atom stereocenters. The van der Waals surface area contributed by atoms with Gasteiger partial charge in [-0.25, -0.2) is 0 Å². The molecule has 1 aromatic heterocycles. The molecule has 1 aliphatic rings. The van der Waals surface area contributed by atoms with E-state index >= 15 is 0 Å². The minimum Gasteiger partial charge on any atom is -1.00 e. The third kappa shape index (κ3) is 4.56. The fraction of sp³-hybridized carbons (Fsp3) is 0.444. The highest BCUT2D eigenvalue weighted by Crippen LogP contribution is 2.10. The highest BCUT2D eigenvalue weighted by atomic mass is 35.5. The van der Waals surface area contributed by atoms with E-state index in [0.29, 0.717) is 6.54 Å². The van der Waals surface area contributed by atoms with Crippen molar-refractivity contribution < 1.29 is 21.8 Å². The third-order valence-electron chi connectivity index (χ3n) is 4.58. The molecule has 24 heavy (non-hydrogen) atoms. The van der Waals surface area contributed by atoms with Crippen molar-refractivity contribution in [2.45, 2.75) is 26.9 Å². The van der Waals surface area contributed by atoms with Crippen molar-refractivity contribution in [3.05, 3.63) is 52.0 Å². The molecule has 3 rings (SSSR count). The number of piperazine rings is 1. The minimum absolute atomic E-state index is 0. The van der Waals surface area contributed by atoms with E-state index in [4.69, 9.17) is 0 Å². The molecule has 1 saturated heterocycles. The van der Waals surface area contributed by atoms with E-state index in [0.717, 1.165) is 32.7 Å². The van der Waals surface area contributed by atoms with Crippen molar-refractivity contribution in [3.63, 3.8) is 0 Å². The molecule has 1 fully saturated rings. The number of rotatable bonds is 4. The molecule has 0 spiro atoms. The number of amides is 1. The Bertz CT molecular complexity index is 666. The van der Waals surface area contributed by atoms with E-state index in [9.17, 15) is 4.79 Å². The van der Waals surface area contributed by atoms with Crippen LogP contribution in [0.1, 0.15) is 16.1 Å². The second-order valence-corrected chi connectivity index (χ2v) is 7.19. The van der Waals surface area contributed by atoms with Crippen LogP contribution in [-0.2, 0) is 17.9 Å². The fourth-order valence-electron chi connectivity index (χ4n) is 2.91. The minimum atomic E-state index is 0. The summed E-state index contributed by atoms with van der Waals surface area (Å²) in [6.45, 7) is 9.18. The first-order valence-corrected chi connectivity index (χ1v) is 8.99. The molecule has 130 valence electrons. The van der Waals surface area contributed by atoms with Gasteiger partial charge in [-0.15, -0.1) is 0 Å². The quantitative estimate of drug-likeness (QED) is 0.650. The van der Waals surface area contributed by atoms with Gasteiger partial charge in [0, 0.05) is 39.6 Å². The number of aryl methyl sites for hydroxylation is 1. The van der Waals surface area contributed by atoms with E-state index in [2.05, 4.69) is 47.6 Å². The van der Waals surface area contributed by atoms with E-state index < -0.39 is 0 Å². The summed E-state index contributed by atoms with van der Waals surface area (Å²) in [6, 6.07) is 10.5. The molecular weight excluding hydrogens is 342 g/mol. The maximum absolute atomic E-state index is 12.5. The van der Waals surface area contributed by atoms with Crippen LogP contribution >= 0.6 is 11.3 Å². The van der Waals surface area contributed by atoms with E-state index in [-0.39, 0.29) is 18.3 Å². The molecule has 0 saturated carbocycles. The third-order valence-corrected chi connectivity index (χ3v) is 5.59. The number of benzene rings is 1. The molecule has 1 amide bonds. The van der Waals surface area contributed by atoms with Gasteiger partial charge >= 0.3 is 0 Å². The lowest BCUT2D eigenvalue weighted by Gasteiger charge is -2.34. The number of aromatic nitrogens is 1. The molecule has 4 nitrogen and oxygen atoms in total. The molecule has 0 aliphatic carbocycles. The normalized spacial score (nSPS) is 15.2. The van der Waals surface area contributed by atoms with Gasteiger partial charge in [0.1, 0.15) is 0 Å². The molecule has 2 heterocycles. The zero-order chi connectivity index (χ0) is 16.2. The van der Waals surface area contributed by atoms with Crippen LogP contribution in [0.4, 0.5) is 0 Å². The van der Waals surface area contributed by atoms with E-state index in [1.807, 2.05) is 16.5 Å². The molecular formula is C18H24ClN3OS. The van der Waals surface area contributed by atoms with Gasteiger partial charge < -0.3 is 17.3 Å². The van der Waals surface area contributed by atoms with Gasteiger partial charge in [0.15, 0.2) is 5.69 Å². The number of hydrogen-bond acceptors (Lipinski definition) is 3. The first-order valence-electron chi connectivity index (χ1n) is 8.11. The van der Waals surface area contributed by atoms with Gasteiger partial charge in [-0.3, -0.25) is 9.69 Å². The maximum atomic E-state index is 12.5. The number of hydrogen-bond donors (Lipinski definition) is 0. The first kappa shape index (κ1) is 18.9. The average Bonchev–Trinajstić information content (AvgIpc) is 2.88. The summed E-state index contributed by atoms with van der Waals surface area (Å²) in [6.07, 6.45) is 0. The van der Waals surface area contributed by atoms with Gasteiger partial charge in [-0.2, -0.15) is 4.57 Å². The fourth-order valence-corrected chi connectivity index (χ4v) is 3.71. The van der Waals surface area contributed by atoms with Crippen LogP contribution in [0.25, 0.3) is 0 Å². The molecule has 0 N–H and O–H groups in total. The summed E-state index contributed by atoms with van der Waals surface area (Å²) in [5, 5.41) is 0. The topological polar surface area (TPSA) is 27.4 Å². The molecule has 0 bridgehead atoms. The second-order valence-electron chi connectivity index (χ2n) is 6.14. The summed E-state index contributed by atoms with van der Waals surface area (Å²) < 4.78 is 2.07. The van der Waals surface area contributed by atoms with Crippen molar-refractivity contribution >= 4 is 17.2 Å². The van der Waals surface area contributed by atoms with Gasteiger partial charge in [-0.05, 0) is 12.5 Å². The number of halogens is 1. The Hall–Kier alpha value is -1.43. The molecule has 1 aromatic carbocycles. The van der Waals surface area contributed by atoms with Crippen molar-refractivity contribution in [2.75, 3.05) is 26.2 Å². The largest absolute Gasteiger partial charge is 1.00 e. The van der Waals surface area contributed by atoms with Crippen LogP contribution < -0.4 is 17.0 Å². The van der Waals surface area contributed by atoms with Crippen LogP contribution in [-0.4, -0.2) is 41.9 Å². The van der Waals surface area contributed by atoms with E-state index in [1.54, 1.807) is 11.3 Å². The van der Waals surface area contributed by atoms with E-state index in [1.165, 1.54) is 16.1 Å². The lowest BCUT2D eigenvalue weighted by Crippen LogP contribution is -3.00. The van der Waals surface area contributed by atoms with Gasteiger partial charge in [-0.1, -0.05) is 41.7 Å². The predicted octanol–water partition coefficient (Wildman–Crippen LogP) is -0.999. The Morgan fingerprint density at radius 1 is 1.12 bits per heavy atom. The van der Waals surface area contributed by atoms with Crippen LogP contribution in [0.5, 0.6) is 0 Å². The number of nitrogens with zero attached hydrogens (tertiary/aromatic N) is 3. The average molecular weight is 366 g/mol. The molecule has 1 aliphatic heterocycles. The number of thiazole rings is 1. The summed E-state index contributed by atoms with van der Waals surface area (Å²) in [7, 11) is 0. The summed E-state index contributed by atoms with van der Waals surface area (Å²) in [5.41, 5.74) is 4.59. The molecule has 6 heteroatoms. The summed E-state index contributed by atoms with van der Waals surface area (Å²) >= 11 is 1.71. The summed E-state index contributed by atoms with van der Waals surface area (Å²) in [4.78, 5) is 18.2. The molecule has 2 aromatic rings. The van der Waals surface area contributed by atoms with Gasteiger partial charge in [0.25, 0.3) is 5.91 Å². The van der Waals surface area contributed by atoms with Gasteiger partial charge in [0.2, 0.25) is 12.1 Å². The van der Waals surface area contributed by atoms with Crippen LogP contribution in [0, 0.1) is 13.8 Å². The Morgan fingerprint density at radius 3 is 2.38 bits per heavy atom. The highest BCUT2D eigenvalue weighted by Gasteiger charge is 2.25. The van der Waals surface area contributed by atoms with Crippen molar-refractivity contribution in [1.82, 2.24) is 9.80 Å². The predicted molar refractivity (Wildman–Crippen MR) is 92.3 cm³/mol. The van der Waals surface area contributed by atoms with Crippen LogP contribution in [0.2, 0.25) is 0 Å². The Labute approximate surface area is 154 Å². The molecule has 0 atom stereocenters. The molecule has 0 radical (unpaired) electrons. The summed E-state index contributed by atoms with van der Waals surface area (Å²) in [5.74, 6) is 0.232. The highest BCUT2D eigenvalue weighted by molar-refractivity contribution is 7.09. The monoisotopic (exact) mass is 365 g/mol. The standard InChI is InChI=1S/C18H24N3OS.ClH/c1-15-16(2)23-14-21(15)13-18(22)20-10-8-19(9-11-20)12-17-6-4-3-5-7-17;/h3-7,14H,8-13H2,1-2H3;1H/q+1;/p-1. The second kappa shape index (κ2) is 8.60. The maximum Gasteiger partial charge on any atom is 0.288 e. The Kier molecular flexibility index (Phi) is 6.78. The van der Waals surface area contributed by atoms with Crippen molar-refractivity contribution in [1.29, 1.82) is 0 Å². The first-order chi connectivity index (χ1) is 11.1. The zero-order valence-corrected chi connectivity index (χ0v) is 15.8. The SMILES string of the molecule is Cc1sc[n+](CC(=O)N2CCN(Cc3ccccc3)CC2)c1C.[Cl-]. The van der Waals surface area contributed by atoms with Crippen LogP contribution in [0.3, 0.4) is 0 Å². The Balaban J connectivity index is 0.00000208. The lowest BCUT2D eigenvalue weighted by atomic mass is 10.2. The van der Waals surface area contributed by atoms with Crippen molar-refractivity contribution in [3.8, 4) is 0 Å².